The molecule has 2 rings (SSSR count). The fraction of sp³-hybridized carbons (Fsp3) is 0.167. The zero-order chi connectivity index (χ0) is 16.7. The molecule has 1 aromatic heterocycles. The number of alkyl halides is 6. The van der Waals surface area contributed by atoms with Gasteiger partial charge in [-0.05, 0) is 18.2 Å². The number of hydrogen-bond donors (Lipinski definition) is 1. The van der Waals surface area contributed by atoms with Gasteiger partial charge in [-0.25, -0.2) is 0 Å². The number of nitrogens with zero attached hydrogens (tertiary/aromatic N) is 3. The Balaban J connectivity index is 2.66. The summed E-state index contributed by atoms with van der Waals surface area (Å²) >= 11 is 0. The molecule has 0 radical (unpaired) electrons. The number of aromatic nitrogens is 2. The number of rotatable bonds is 1. The zero-order valence-corrected chi connectivity index (χ0v) is 10.4. The van der Waals surface area contributed by atoms with Crippen LogP contribution in [0.15, 0.2) is 24.4 Å². The number of hydrogen-bond acceptors (Lipinski definition) is 3. The van der Waals surface area contributed by atoms with Gasteiger partial charge in [-0.2, -0.15) is 28.2 Å². The summed E-state index contributed by atoms with van der Waals surface area (Å²) < 4.78 is 75.2. The Bertz CT molecular complexity index is 754. The van der Waals surface area contributed by atoms with E-state index in [0.29, 0.717) is 12.3 Å². The van der Waals surface area contributed by atoms with E-state index >= 15 is 0 Å². The molecule has 0 atom stereocenters. The molecule has 10 heteroatoms. The lowest BCUT2D eigenvalue weighted by Crippen LogP contribution is -2.17. The minimum absolute atomic E-state index is 0.402. The topological polar surface area (TPSA) is 61.8 Å². The average Bonchev–Trinajstić information content (AvgIpc) is 2.87. The molecule has 2 aromatic rings. The average molecular weight is 321 g/mol. The molecule has 22 heavy (non-hydrogen) atoms. The molecule has 4 nitrogen and oxygen atoms in total. The molecule has 0 aliphatic rings. The third-order valence-electron chi connectivity index (χ3n) is 2.67. The number of benzene rings is 1. The van der Waals surface area contributed by atoms with Gasteiger partial charge in [0.1, 0.15) is 5.75 Å². The summed E-state index contributed by atoms with van der Waals surface area (Å²) in [5, 5.41) is 21.4. The van der Waals surface area contributed by atoms with Gasteiger partial charge >= 0.3 is 12.5 Å². The molecule has 0 saturated heterocycles. The van der Waals surface area contributed by atoms with E-state index in [4.69, 9.17) is 5.26 Å². The first-order chi connectivity index (χ1) is 10.0. The van der Waals surface area contributed by atoms with Crippen LogP contribution in [0.25, 0.3) is 11.3 Å². The minimum atomic E-state index is -4.97. The van der Waals surface area contributed by atoms with Crippen LogP contribution >= 0.6 is 0 Å². The van der Waals surface area contributed by atoms with Gasteiger partial charge in [-0.3, -0.25) is 0 Å². The molecular weight excluding hydrogens is 316 g/mol. The van der Waals surface area contributed by atoms with Crippen molar-refractivity contribution in [1.29, 1.82) is 5.26 Å². The highest BCUT2D eigenvalue weighted by Crippen LogP contribution is 2.42. The number of phenolic OH excluding ortho intramolecular Hbond substituents is 1. The van der Waals surface area contributed by atoms with Crippen molar-refractivity contribution in [1.82, 2.24) is 9.78 Å². The molecule has 0 aliphatic carbocycles. The fourth-order valence-electron chi connectivity index (χ4n) is 1.72. The van der Waals surface area contributed by atoms with Crippen molar-refractivity contribution in [2.45, 2.75) is 12.5 Å². The SMILES string of the molecule is N#Cc1cc(-c2ccn(C(F)(F)F)n2)c(O)c(C(F)(F)F)c1. The van der Waals surface area contributed by atoms with Gasteiger partial charge in [-0.1, -0.05) is 0 Å². The van der Waals surface area contributed by atoms with Crippen molar-refractivity contribution in [2.24, 2.45) is 0 Å². The van der Waals surface area contributed by atoms with Gasteiger partial charge in [-0.15, -0.1) is 13.2 Å². The van der Waals surface area contributed by atoms with Gasteiger partial charge in [0.2, 0.25) is 0 Å². The largest absolute Gasteiger partial charge is 0.507 e. The van der Waals surface area contributed by atoms with Gasteiger partial charge in [0, 0.05) is 11.8 Å². The highest BCUT2D eigenvalue weighted by molar-refractivity contribution is 5.71. The molecule has 0 unspecified atom stereocenters. The maximum Gasteiger partial charge on any atom is 0.504 e. The Morgan fingerprint density at radius 1 is 1.14 bits per heavy atom. The van der Waals surface area contributed by atoms with E-state index < -0.39 is 45.3 Å². The van der Waals surface area contributed by atoms with E-state index in [2.05, 4.69) is 5.10 Å². The molecule has 0 fully saturated rings. The fourth-order valence-corrected chi connectivity index (χ4v) is 1.72. The number of halogens is 6. The van der Waals surface area contributed by atoms with Gasteiger partial charge in [0.15, 0.2) is 0 Å². The summed E-state index contributed by atoms with van der Waals surface area (Å²) in [5.41, 5.74) is -3.16. The molecule has 1 aromatic carbocycles. The normalized spacial score (nSPS) is 12.2. The second kappa shape index (κ2) is 4.94. The Labute approximate surface area is 118 Å². The Morgan fingerprint density at radius 2 is 1.77 bits per heavy atom. The number of phenols is 1. The van der Waals surface area contributed by atoms with Crippen LogP contribution in [0.4, 0.5) is 26.3 Å². The molecule has 0 aliphatic heterocycles. The molecule has 0 spiro atoms. The van der Waals surface area contributed by atoms with Crippen molar-refractivity contribution >= 4 is 0 Å². The van der Waals surface area contributed by atoms with Crippen molar-refractivity contribution in [3.05, 3.63) is 35.5 Å². The molecular formula is C12H5F6N3O. The first-order valence-electron chi connectivity index (χ1n) is 5.51. The molecule has 1 N–H and O–H groups in total. The highest BCUT2D eigenvalue weighted by Gasteiger charge is 2.36. The van der Waals surface area contributed by atoms with Crippen molar-refractivity contribution in [3.63, 3.8) is 0 Å². The third kappa shape index (κ3) is 2.83. The predicted octanol–water partition coefficient (Wildman–Crippen LogP) is 3.62. The maximum atomic E-state index is 12.8. The van der Waals surface area contributed by atoms with Crippen molar-refractivity contribution < 1.29 is 31.4 Å². The smallest absolute Gasteiger partial charge is 0.504 e. The molecule has 0 saturated carbocycles. The van der Waals surface area contributed by atoms with E-state index in [1.165, 1.54) is 6.07 Å². The Morgan fingerprint density at radius 3 is 2.23 bits per heavy atom. The van der Waals surface area contributed by atoms with Crippen LogP contribution in [0.1, 0.15) is 11.1 Å². The molecule has 116 valence electrons. The quantitative estimate of drug-likeness (QED) is 0.816. The van der Waals surface area contributed by atoms with E-state index in [-0.39, 0.29) is 0 Å². The van der Waals surface area contributed by atoms with Gasteiger partial charge in [0.05, 0.1) is 22.9 Å². The van der Waals surface area contributed by atoms with Gasteiger partial charge in [0.25, 0.3) is 0 Å². The summed E-state index contributed by atoms with van der Waals surface area (Å²) in [7, 11) is 0. The first kappa shape index (κ1) is 15.7. The monoisotopic (exact) mass is 321 g/mol. The summed E-state index contributed by atoms with van der Waals surface area (Å²) in [6.07, 6.45) is -9.34. The lowest BCUT2D eigenvalue weighted by atomic mass is 10.0. The second-order valence-corrected chi connectivity index (χ2v) is 4.14. The second-order valence-electron chi connectivity index (χ2n) is 4.14. The Kier molecular flexibility index (Phi) is 3.52. The molecule has 0 amide bonds. The van der Waals surface area contributed by atoms with E-state index in [1.54, 1.807) is 0 Å². The third-order valence-corrected chi connectivity index (χ3v) is 2.67. The van der Waals surface area contributed by atoms with Gasteiger partial charge < -0.3 is 5.11 Å². The number of aromatic hydroxyl groups is 1. The van der Waals surface area contributed by atoms with Crippen LogP contribution < -0.4 is 0 Å². The lowest BCUT2D eigenvalue weighted by Gasteiger charge is -2.12. The van der Waals surface area contributed by atoms with Crippen LogP contribution in [-0.4, -0.2) is 14.9 Å². The summed E-state index contributed by atoms with van der Waals surface area (Å²) in [4.78, 5) is 0. The minimum Gasteiger partial charge on any atom is -0.507 e. The van der Waals surface area contributed by atoms with Crippen LogP contribution in [0.5, 0.6) is 5.75 Å². The lowest BCUT2D eigenvalue weighted by molar-refractivity contribution is -0.212. The standard InChI is InChI=1S/C12H5F6N3O/c13-11(14,15)8-4-6(5-19)3-7(10(8)22)9-1-2-21(20-9)12(16,17)18/h1-4,22H. The van der Waals surface area contributed by atoms with Crippen LogP contribution in [0.2, 0.25) is 0 Å². The van der Waals surface area contributed by atoms with Crippen molar-refractivity contribution in [2.75, 3.05) is 0 Å². The van der Waals surface area contributed by atoms with E-state index in [9.17, 15) is 31.4 Å². The maximum absolute atomic E-state index is 12.8. The number of nitriles is 1. The first-order valence-corrected chi connectivity index (χ1v) is 5.51. The summed E-state index contributed by atoms with van der Waals surface area (Å²) in [5.74, 6) is -1.29. The Hall–Kier alpha value is -2.70. The summed E-state index contributed by atoms with van der Waals surface area (Å²) in [6, 6.07) is 3.46. The van der Waals surface area contributed by atoms with Crippen molar-refractivity contribution in [3.8, 4) is 23.1 Å². The summed E-state index contributed by atoms with van der Waals surface area (Å²) in [6.45, 7) is 0. The van der Waals surface area contributed by atoms with Crippen LogP contribution in [0.3, 0.4) is 0 Å². The highest BCUT2D eigenvalue weighted by atomic mass is 19.4. The predicted molar refractivity (Wildman–Crippen MR) is 60.3 cm³/mol. The van der Waals surface area contributed by atoms with E-state index in [0.717, 1.165) is 12.1 Å². The van der Waals surface area contributed by atoms with Crippen LogP contribution in [-0.2, 0) is 12.5 Å². The zero-order valence-electron chi connectivity index (χ0n) is 10.4. The molecule has 0 bridgehead atoms. The van der Waals surface area contributed by atoms with E-state index in [1.807, 2.05) is 0 Å². The van der Waals surface area contributed by atoms with Crippen LogP contribution in [0, 0.1) is 11.3 Å². The molecule has 1 heterocycles.